The molecule has 7 heteroatoms. The van der Waals surface area contributed by atoms with E-state index in [1.807, 2.05) is 26.0 Å². The molecule has 0 amide bonds. The maximum atomic E-state index is 13.1. The molecule has 1 aromatic heterocycles. The molecule has 0 aliphatic carbocycles. The van der Waals surface area contributed by atoms with Crippen molar-refractivity contribution in [1.29, 1.82) is 0 Å². The maximum Gasteiger partial charge on any atom is 0.191 e. The second-order valence-corrected chi connectivity index (χ2v) is 4.82. The van der Waals surface area contributed by atoms with Crippen LogP contribution in [-0.2, 0) is 19.5 Å². The van der Waals surface area contributed by atoms with Crippen LogP contribution in [0.25, 0.3) is 0 Å². The summed E-state index contributed by atoms with van der Waals surface area (Å²) in [4.78, 5) is 4.43. The molecule has 5 nitrogen and oxygen atoms in total. The van der Waals surface area contributed by atoms with Gasteiger partial charge in [0.1, 0.15) is 5.82 Å². The van der Waals surface area contributed by atoms with Crippen molar-refractivity contribution >= 4 is 29.9 Å². The van der Waals surface area contributed by atoms with Gasteiger partial charge in [0.15, 0.2) is 11.7 Å². The molecule has 0 saturated heterocycles. The van der Waals surface area contributed by atoms with Crippen molar-refractivity contribution in [2.45, 2.75) is 33.4 Å². The molecule has 0 aliphatic rings. The van der Waals surface area contributed by atoms with Crippen LogP contribution in [-0.4, -0.2) is 17.7 Å². The molecular formula is C16H22FIN4O. The lowest BCUT2D eigenvalue weighted by molar-refractivity contribution is 0.374. The molecule has 1 aromatic carbocycles. The van der Waals surface area contributed by atoms with E-state index in [0.29, 0.717) is 19.0 Å². The predicted octanol–water partition coefficient (Wildman–Crippen LogP) is 3.25. The zero-order valence-corrected chi connectivity index (χ0v) is 15.6. The van der Waals surface area contributed by atoms with Gasteiger partial charge in [0.25, 0.3) is 0 Å². The number of hydrogen-bond acceptors (Lipinski definition) is 3. The number of halogens is 2. The number of benzene rings is 1. The Bertz CT molecular complexity index is 630. The zero-order chi connectivity index (χ0) is 15.8. The summed E-state index contributed by atoms with van der Waals surface area (Å²) in [5.41, 5.74) is 1.75. The molecule has 0 atom stereocenters. The van der Waals surface area contributed by atoms with Crippen LogP contribution in [0.15, 0.2) is 39.8 Å². The molecular weight excluding hydrogens is 410 g/mol. The Hall–Kier alpha value is -1.64. The van der Waals surface area contributed by atoms with Crippen molar-refractivity contribution in [2.24, 2.45) is 4.99 Å². The Morgan fingerprint density at radius 2 is 2.09 bits per heavy atom. The highest BCUT2D eigenvalue weighted by atomic mass is 127. The molecule has 126 valence electrons. The fourth-order valence-corrected chi connectivity index (χ4v) is 1.92. The molecule has 2 rings (SSSR count). The van der Waals surface area contributed by atoms with Crippen molar-refractivity contribution in [1.82, 2.24) is 15.8 Å². The Labute approximate surface area is 152 Å². The average molecular weight is 432 g/mol. The second kappa shape index (κ2) is 10.2. The van der Waals surface area contributed by atoms with Gasteiger partial charge in [-0.25, -0.2) is 9.38 Å². The number of guanidine groups is 1. The summed E-state index contributed by atoms with van der Waals surface area (Å²) in [6.45, 7) is 5.67. The number of nitrogens with zero attached hydrogens (tertiary/aromatic N) is 2. The highest BCUT2D eigenvalue weighted by molar-refractivity contribution is 14.0. The van der Waals surface area contributed by atoms with Gasteiger partial charge in [-0.2, -0.15) is 0 Å². The fraction of sp³-hybridized carbons (Fsp3) is 0.375. The van der Waals surface area contributed by atoms with E-state index >= 15 is 0 Å². The monoisotopic (exact) mass is 432 g/mol. The molecule has 1 heterocycles. The van der Waals surface area contributed by atoms with Gasteiger partial charge >= 0.3 is 0 Å². The van der Waals surface area contributed by atoms with Gasteiger partial charge in [-0.3, -0.25) is 0 Å². The normalized spacial score (nSPS) is 11.0. The third kappa shape index (κ3) is 6.55. The van der Waals surface area contributed by atoms with E-state index in [1.165, 1.54) is 12.1 Å². The molecule has 23 heavy (non-hydrogen) atoms. The Morgan fingerprint density at radius 3 is 2.74 bits per heavy atom. The minimum atomic E-state index is -0.251. The number of rotatable bonds is 6. The van der Waals surface area contributed by atoms with E-state index in [0.717, 1.165) is 30.0 Å². The summed E-state index contributed by atoms with van der Waals surface area (Å²) in [5.74, 6) is 1.16. The number of aryl methyl sites for hydroxylation is 1. The summed E-state index contributed by atoms with van der Waals surface area (Å²) >= 11 is 0. The minimum absolute atomic E-state index is 0. The summed E-state index contributed by atoms with van der Waals surface area (Å²) in [5, 5.41) is 10.3. The van der Waals surface area contributed by atoms with E-state index in [2.05, 4.69) is 20.8 Å². The van der Waals surface area contributed by atoms with Crippen molar-refractivity contribution < 1.29 is 8.91 Å². The highest BCUT2D eigenvalue weighted by Crippen LogP contribution is 2.05. The Kier molecular flexibility index (Phi) is 8.60. The number of aromatic nitrogens is 1. The van der Waals surface area contributed by atoms with Gasteiger partial charge in [-0.05, 0) is 31.0 Å². The van der Waals surface area contributed by atoms with Gasteiger partial charge < -0.3 is 15.2 Å². The summed E-state index contributed by atoms with van der Waals surface area (Å²) in [6.07, 6.45) is 0.844. The number of nitrogens with one attached hydrogen (secondary N) is 2. The number of aliphatic imine (C=N–C) groups is 1. The van der Waals surface area contributed by atoms with Crippen LogP contribution in [0.3, 0.4) is 0 Å². The van der Waals surface area contributed by atoms with E-state index in [9.17, 15) is 4.39 Å². The summed E-state index contributed by atoms with van der Waals surface area (Å²) in [6, 6.07) is 8.35. The second-order valence-electron chi connectivity index (χ2n) is 4.82. The highest BCUT2D eigenvalue weighted by Gasteiger charge is 2.04. The smallest absolute Gasteiger partial charge is 0.191 e. The molecule has 2 N–H and O–H groups in total. The Balaban J connectivity index is 0.00000264. The van der Waals surface area contributed by atoms with E-state index < -0.39 is 0 Å². The van der Waals surface area contributed by atoms with Crippen molar-refractivity contribution in [2.75, 3.05) is 6.54 Å². The van der Waals surface area contributed by atoms with Gasteiger partial charge in [0, 0.05) is 12.6 Å². The maximum absolute atomic E-state index is 13.1. The van der Waals surface area contributed by atoms with Gasteiger partial charge in [-0.1, -0.05) is 24.2 Å². The fourth-order valence-electron chi connectivity index (χ4n) is 1.92. The molecule has 0 unspecified atom stereocenters. The van der Waals surface area contributed by atoms with Crippen LogP contribution in [0.1, 0.15) is 30.9 Å². The summed E-state index contributed by atoms with van der Waals surface area (Å²) < 4.78 is 18.4. The molecule has 0 radical (unpaired) electrons. The molecule has 0 spiro atoms. The first-order valence-corrected chi connectivity index (χ1v) is 7.42. The molecule has 0 fully saturated rings. The van der Waals surface area contributed by atoms with Gasteiger partial charge in [0.05, 0.1) is 18.8 Å². The topological polar surface area (TPSA) is 62.5 Å². The van der Waals surface area contributed by atoms with Crippen LogP contribution in [0.2, 0.25) is 0 Å². The lowest BCUT2D eigenvalue weighted by Crippen LogP contribution is -2.36. The number of hydrogen-bond donors (Lipinski definition) is 2. The Morgan fingerprint density at radius 1 is 1.26 bits per heavy atom. The largest absolute Gasteiger partial charge is 0.359 e. The predicted molar refractivity (Wildman–Crippen MR) is 99.4 cm³/mol. The molecule has 0 bridgehead atoms. The molecule has 0 aliphatic heterocycles. The van der Waals surface area contributed by atoms with Gasteiger partial charge in [-0.15, -0.1) is 24.0 Å². The lowest BCUT2D eigenvalue weighted by Gasteiger charge is -2.09. The molecule has 2 aromatic rings. The van der Waals surface area contributed by atoms with Crippen LogP contribution < -0.4 is 10.6 Å². The third-order valence-electron chi connectivity index (χ3n) is 3.05. The lowest BCUT2D eigenvalue weighted by atomic mass is 10.2. The van der Waals surface area contributed by atoms with Crippen LogP contribution >= 0.6 is 24.0 Å². The summed E-state index contributed by atoms with van der Waals surface area (Å²) in [7, 11) is 0. The quantitative estimate of drug-likeness (QED) is 0.418. The third-order valence-corrected chi connectivity index (χ3v) is 3.05. The van der Waals surface area contributed by atoms with Crippen LogP contribution in [0.4, 0.5) is 4.39 Å². The minimum Gasteiger partial charge on any atom is -0.359 e. The SMILES string of the molecule is CCNC(=NCc1cccc(F)c1)NCc1cc(CC)no1.I. The van der Waals surface area contributed by atoms with Crippen LogP contribution in [0.5, 0.6) is 0 Å². The van der Waals surface area contributed by atoms with Crippen molar-refractivity contribution in [3.05, 3.63) is 53.2 Å². The van der Waals surface area contributed by atoms with Crippen molar-refractivity contribution in [3.63, 3.8) is 0 Å². The van der Waals surface area contributed by atoms with E-state index in [-0.39, 0.29) is 29.8 Å². The van der Waals surface area contributed by atoms with E-state index in [1.54, 1.807) is 6.07 Å². The van der Waals surface area contributed by atoms with E-state index in [4.69, 9.17) is 4.52 Å². The van der Waals surface area contributed by atoms with Crippen LogP contribution in [0, 0.1) is 5.82 Å². The first-order valence-electron chi connectivity index (χ1n) is 7.42. The van der Waals surface area contributed by atoms with Crippen molar-refractivity contribution in [3.8, 4) is 0 Å². The molecule has 0 saturated carbocycles. The van der Waals surface area contributed by atoms with Gasteiger partial charge in [0.2, 0.25) is 0 Å². The zero-order valence-electron chi connectivity index (χ0n) is 13.3. The first-order chi connectivity index (χ1) is 10.7. The standard InChI is InChI=1S/C16H21FN4O.HI/c1-3-14-9-15(22-21-14)11-20-16(18-4-2)19-10-12-6-5-7-13(17)8-12;/h5-9H,3-4,10-11H2,1-2H3,(H2,18,19,20);1H. The first kappa shape index (κ1) is 19.4. The average Bonchev–Trinajstić information content (AvgIpc) is 2.98.